The zero-order valence-electron chi connectivity index (χ0n) is 20.7. The summed E-state index contributed by atoms with van der Waals surface area (Å²) in [6.07, 6.45) is 0.479. The predicted octanol–water partition coefficient (Wildman–Crippen LogP) is 4.11. The van der Waals surface area contributed by atoms with E-state index in [4.69, 9.17) is 14.2 Å². The van der Waals surface area contributed by atoms with Gasteiger partial charge in [-0.2, -0.15) is 0 Å². The lowest BCUT2D eigenvalue weighted by molar-refractivity contribution is -0.143. The van der Waals surface area contributed by atoms with Crippen molar-refractivity contribution in [2.45, 2.75) is 59.2 Å². The molecule has 33 heavy (non-hydrogen) atoms. The predicted molar refractivity (Wildman–Crippen MR) is 129 cm³/mol. The first-order valence-electron chi connectivity index (χ1n) is 11.1. The number of nitrogens with zero attached hydrogens (tertiary/aromatic N) is 1. The smallest absolute Gasteiger partial charge is 0.261 e. The van der Waals surface area contributed by atoms with Crippen LogP contribution in [-0.2, 0) is 16.1 Å². The first-order valence-corrected chi connectivity index (χ1v) is 11.1. The number of hydrogen-bond acceptors (Lipinski definition) is 5. The summed E-state index contributed by atoms with van der Waals surface area (Å²) in [5.41, 5.74) is 1.64. The van der Waals surface area contributed by atoms with Gasteiger partial charge in [0.2, 0.25) is 5.91 Å². The summed E-state index contributed by atoms with van der Waals surface area (Å²) in [5, 5.41) is 3.00. The molecule has 0 aromatic heterocycles. The fraction of sp³-hybridized carbons (Fsp3) is 0.462. The Morgan fingerprint density at radius 1 is 1.00 bits per heavy atom. The molecule has 7 nitrogen and oxygen atoms in total. The molecule has 2 aromatic carbocycles. The number of nitrogens with one attached hydrogen (secondary N) is 1. The molecule has 0 aliphatic rings. The Bertz CT molecular complexity index is 930. The zero-order chi connectivity index (χ0) is 24.6. The van der Waals surface area contributed by atoms with Crippen LogP contribution in [0.2, 0.25) is 0 Å². The van der Waals surface area contributed by atoms with E-state index in [1.165, 1.54) is 0 Å². The van der Waals surface area contributed by atoms with Gasteiger partial charge in [0.1, 0.15) is 23.3 Å². The first kappa shape index (κ1) is 26.0. The molecule has 2 rings (SSSR count). The minimum atomic E-state index is -0.624. The highest BCUT2D eigenvalue weighted by Crippen LogP contribution is 2.27. The summed E-state index contributed by atoms with van der Waals surface area (Å²) in [7, 11) is 3.10. The average molecular weight is 457 g/mol. The lowest BCUT2D eigenvalue weighted by atomic mass is 10.1. The highest BCUT2D eigenvalue weighted by molar-refractivity contribution is 5.88. The Morgan fingerprint density at radius 3 is 2.12 bits per heavy atom. The van der Waals surface area contributed by atoms with Crippen LogP contribution in [0.15, 0.2) is 42.5 Å². The lowest BCUT2D eigenvalue weighted by Crippen LogP contribution is -2.54. The van der Waals surface area contributed by atoms with E-state index in [9.17, 15) is 9.59 Å². The number of ether oxygens (including phenoxy) is 3. The molecular weight excluding hydrogens is 420 g/mol. The summed E-state index contributed by atoms with van der Waals surface area (Å²) in [6, 6.07) is 12.4. The van der Waals surface area contributed by atoms with Crippen molar-refractivity contribution in [2.75, 3.05) is 20.8 Å². The van der Waals surface area contributed by atoms with Crippen molar-refractivity contribution in [3.8, 4) is 17.2 Å². The van der Waals surface area contributed by atoms with Crippen LogP contribution in [0.5, 0.6) is 17.2 Å². The summed E-state index contributed by atoms with van der Waals surface area (Å²) in [4.78, 5) is 28.0. The molecule has 0 saturated heterocycles. The van der Waals surface area contributed by atoms with Crippen LogP contribution in [0.1, 0.15) is 45.2 Å². The van der Waals surface area contributed by atoms with Crippen molar-refractivity contribution >= 4 is 11.8 Å². The Morgan fingerprint density at radius 2 is 1.61 bits per heavy atom. The van der Waals surface area contributed by atoms with Crippen LogP contribution in [0, 0.1) is 6.92 Å². The average Bonchev–Trinajstić information content (AvgIpc) is 2.75. The molecule has 7 heteroatoms. The molecule has 0 spiro atoms. The van der Waals surface area contributed by atoms with Crippen LogP contribution < -0.4 is 19.5 Å². The van der Waals surface area contributed by atoms with Crippen molar-refractivity contribution < 1.29 is 23.8 Å². The van der Waals surface area contributed by atoms with Gasteiger partial charge in [-0.1, -0.05) is 36.8 Å². The molecule has 0 heterocycles. The Labute approximate surface area is 197 Å². The van der Waals surface area contributed by atoms with Gasteiger partial charge < -0.3 is 24.4 Å². The third kappa shape index (κ3) is 8.00. The van der Waals surface area contributed by atoms with E-state index >= 15 is 0 Å². The van der Waals surface area contributed by atoms with Crippen LogP contribution >= 0.6 is 0 Å². The van der Waals surface area contributed by atoms with Crippen LogP contribution in [0.3, 0.4) is 0 Å². The highest BCUT2D eigenvalue weighted by Gasteiger charge is 2.31. The van der Waals surface area contributed by atoms with Crippen molar-refractivity contribution in [1.29, 1.82) is 0 Å². The number of amides is 2. The highest BCUT2D eigenvalue weighted by atomic mass is 16.5. The molecule has 1 atom stereocenters. The Kier molecular flexibility index (Phi) is 9.14. The van der Waals surface area contributed by atoms with Gasteiger partial charge in [-0.15, -0.1) is 0 Å². The number of carbonyl (C=O) groups is 2. The van der Waals surface area contributed by atoms with E-state index in [-0.39, 0.29) is 18.4 Å². The van der Waals surface area contributed by atoms with E-state index in [0.717, 1.165) is 11.1 Å². The molecule has 180 valence electrons. The number of rotatable bonds is 10. The van der Waals surface area contributed by atoms with Gasteiger partial charge in [-0.3, -0.25) is 9.59 Å². The van der Waals surface area contributed by atoms with Gasteiger partial charge in [-0.05, 0) is 39.7 Å². The maximum absolute atomic E-state index is 13.3. The van der Waals surface area contributed by atoms with Crippen molar-refractivity contribution in [3.63, 3.8) is 0 Å². The number of methoxy groups -OCH3 is 2. The van der Waals surface area contributed by atoms with Crippen molar-refractivity contribution in [2.24, 2.45) is 0 Å². The summed E-state index contributed by atoms with van der Waals surface area (Å²) < 4.78 is 16.3. The molecule has 0 radical (unpaired) electrons. The number of benzene rings is 2. The normalized spacial score (nSPS) is 12.0. The zero-order valence-corrected chi connectivity index (χ0v) is 20.7. The quantitative estimate of drug-likeness (QED) is 0.582. The second-order valence-electron chi connectivity index (χ2n) is 9.01. The second-order valence-corrected chi connectivity index (χ2v) is 9.01. The van der Waals surface area contributed by atoms with Crippen molar-refractivity contribution in [3.05, 3.63) is 53.6 Å². The Balaban J connectivity index is 2.27. The molecule has 1 N–H and O–H groups in total. The molecule has 0 saturated carbocycles. The summed E-state index contributed by atoms with van der Waals surface area (Å²) in [5.74, 6) is 1.10. The number of aryl methyl sites for hydroxylation is 1. The van der Waals surface area contributed by atoms with E-state index in [1.54, 1.807) is 37.3 Å². The van der Waals surface area contributed by atoms with Gasteiger partial charge in [0.05, 0.1) is 14.2 Å². The van der Waals surface area contributed by atoms with Gasteiger partial charge in [0, 0.05) is 30.3 Å². The molecule has 2 aromatic rings. The maximum Gasteiger partial charge on any atom is 0.261 e. The monoisotopic (exact) mass is 456 g/mol. The molecule has 0 aliphatic carbocycles. The van der Waals surface area contributed by atoms with Crippen LogP contribution in [-0.4, -0.2) is 49.1 Å². The van der Waals surface area contributed by atoms with E-state index in [1.807, 2.05) is 58.9 Å². The molecule has 2 amide bonds. The number of hydrogen-bond donors (Lipinski definition) is 1. The van der Waals surface area contributed by atoms with Gasteiger partial charge >= 0.3 is 0 Å². The lowest BCUT2D eigenvalue weighted by Gasteiger charge is -2.33. The minimum absolute atomic E-state index is 0.186. The second kappa shape index (κ2) is 11.6. The largest absolute Gasteiger partial charge is 0.496 e. The minimum Gasteiger partial charge on any atom is -0.496 e. The molecule has 0 aliphatic heterocycles. The van der Waals surface area contributed by atoms with E-state index < -0.39 is 11.6 Å². The standard InChI is InChI=1S/C26H36N2O5/c1-8-23(25(30)27-26(3,4)5)28(16-19-11-9-10-18(2)12-19)24(29)17-33-22-14-20(31-6)13-21(15-22)32-7/h9-15,23H,8,16-17H2,1-7H3,(H,27,30)/t23-/m1/s1. The molecular formula is C26H36N2O5. The Hall–Kier alpha value is -3.22. The van der Waals surface area contributed by atoms with Crippen LogP contribution in [0.4, 0.5) is 0 Å². The third-order valence-corrected chi connectivity index (χ3v) is 5.01. The third-order valence-electron chi connectivity index (χ3n) is 5.01. The summed E-state index contributed by atoms with van der Waals surface area (Å²) >= 11 is 0. The SMILES string of the molecule is CC[C@H](C(=O)NC(C)(C)C)N(Cc1cccc(C)c1)C(=O)COc1cc(OC)cc(OC)c1. The van der Waals surface area contributed by atoms with Gasteiger partial charge in [0.25, 0.3) is 5.91 Å². The molecule has 0 unspecified atom stereocenters. The van der Waals surface area contributed by atoms with Crippen molar-refractivity contribution in [1.82, 2.24) is 10.2 Å². The first-order chi connectivity index (χ1) is 15.6. The topological polar surface area (TPSA) is 77.1 Å². The summed E-state index contributed by atoms with van der Waals surface area (Å²) in [6.45, 7) is 9.75. The van der Waals surface area contributed by atoms with E-state index in [0.29, 0.717) is 30.2 Å². The van der Waals surface area contributed by atoms with Gasteiger partial charge in [0.15, 0.2) is 6.61 Å². The molecule has 0 fully saturated rings. The van der Waals surface area contributed by atoms with Crippen LogP contribution in [0.25, 0.3) is 0 Å². The fourth-order valence-electron chi connectivity index (χ4n) is 3.47. The molecule has 0 bridgehead atoms. The maximum atomic E-state index is 13.3. The van der Waals surface area contributed by atoms with Gasteiger partial charge in [-0.25, -0.2) is 0 Å². The fourth-order valence-corrected chi connectivity index (χ4v) is 3.47. The van der Waals surface area contributed by atoms with E-state index in [2.05, 4.69) is 5.32 Å². The number of carbonyl (C=O) groups excluding carboxylic acids is 2.